The van der Waals surface area contributed by atoms with Gasteiger partial charge in [0.05, 0.1) is 5.69 Å². The molecule has 0 spiro atoms. The fraction of sp³-hybridized carbons (Fsp3) is 0.182. The molecule has 0 aliphatic heterocycles. The summed E-state index contributed by atoms with van der Waals surface area (Å²) < 4.78 is 0. The minimum absolute atomic E-state index is 0.490. The summed E-state index contributed by atoms with van der Waals surface area (Å²) in [6.07, 6.45) is 0. The predicted molar refractivity (Wildman–Crippen MR) is 127 cm³/mol. The molecular formula is C22H21ClN4S2. The molecule has 0 radical (unpaired) electrons. The van der Waals surface area contributed by atoms with E-state index >= 15 is 0 Å². The summed E-state index contributed by atoms with van der Waals surface area (Å²) in [6, 6.07) is 14.3. The van der Waals surface area contributed by atoms with E-state index in [-0.39, 0.29) is 0 Å². The van der Waals surface area contributed by atoms with Crippen LogP contribution < -0.4 is 11.1 Å². The summed E-state index contributed by atoms with van der Waals surface area (Å²) in [5.41, 5.74) is 11.5. The number of nitrogens with two attached hydrogens (primary N) is 1. The van der Waals surface area contributed by atoms with Crippen molar-refractivity contribution >= 4 is 50.9 Å². The summed E-state index contributed by atoms with van der Waals surface area (Å²) >= 11 is 9.21. The SMILES string of the molecule is Cc1cc(-c2csc(-c3sc(Nc4ccc(C(C)C)cc4)nc3N)n2)ccc1Cl. The van der Waals surface area contributed by atoms with Gasteiger partial charge in [0.25, 0.3) is 0 Å². The van der Waals surface area contributed by atoms with Gasteiger partial charge >= 0.3 is 0 Å². The molecular weight excluding hydrogens is 420 g/mol. The average Bonchev–Trinajstić information content (AvgIpc) is 3.31. The highest BCUT2D eigenvalue weighted by molar-refractivity contribution is 7.23. The van der Waals surface area contributed by atoms with Crippen molar-refractivity contribution in [1.82, 2.24) is 9.97 Å². The maximum Gasteiger partial charge on any atom is 0.189 e. The average molecular weight is 441 g/mol. The van der Waals surface area contributed by atoms with E-state index in [0.29, 0.717) is 11.7 Å². The number of hydrogen-bond donors (Lipinski definition) is 2. The molecule has 2 heterocycles. The summed E-state index contributed by atoms with van der Waals surface area (Å²) in [5.74, 6) is 0.999. The molecule has 0 fully saturated rings. The van der Waals surface area contributed by atoms with Crippen LogP contribution in [0.1, 0.15) is 30.9 Å². The third kappa shape index (κ3) is 4.29. The molecule has 4 nitrogen and oxygen atoms in total. The molecule has 0 amide bonds. The molecule has 148 valence electrons. The van der Waals surface area contributed by atoms with Crippen molar-refractivity contribution in [3.8, 4) is 21.1 Å². The van der Waals surface area contributed by atoms with Crippen molar-refractivity contribution in [1.29, 1.82) is 0 Å². The molecule has 0 unspecified atom stereocenters. The fourth-order valence-electron chi connectivity index (χ4n) is 2.93. The quantitative estimate of drug-likeness (QED) is 0.340. The minimum Gasteiger partial charge on any atom is -0.382 e. The number of rotatable bonds is 5. The molecule has 0 aliphatic carbocycles. The van der Waals surface area contributed by atoms with Gasteiger partial charge in [-0.15, -0.1) is 11.3 Å². The summed E-state index contributed by atoms with van der Waals surface area (Å²) in [6.45, 7) is 6.36. The second-order valence-corrected chi connectivity index (χ2v) is 9.40. The number of aromatic nitrogens is 2. The van der Waals surface area contributed by atoms with E-state index in [1.165, 1.54) is 16.9 Å². The van der Waals surface area contributed by atoms with Crippen LogP contribution in [-0.2, 0) is 0 Å². The number of aryl methyl sites for hydroxylation is 1. The summed E-state index contributed by atoms with van der Waals surface area (Å²) in [5, 5.41) is 7.76. The Kier molecular flexibility index (Phi) is 5.58. The van der Waals surface area contributed by atoms with Gasteiger partial charge in [-0.05, 0) is 48.2 Å². The Hall–Kier alpha value is -2.41. The van der Waals surface area contributed by atoms with E-state index in [1.54, 1.807) is 11.3 Å². The number of nitrogen functional groups attached to an aromatic ring is 1. The predicted octanol–water partition coefficient (Wildman–Crippen LogP) is 7.34. The van der Waals surface area contributed by atoms with Gasteiger partial charge in [-0.3, -0.25) is 0 Å². The van der Waals surface area contributed by atoms with Crippen molar-refractivity contribution in [2.45, 2.75) is 26.7 Å². The van der Waals surface area contributed by atoms with Crippen LogP contribution in [0.5, 0.6) is 0 Å². The number of benzene rings is 2. The van der Waals surface area contributed by atoms with E-state index in [0.717, 1.165) is 42.5 Å². The Balaban J connectivity index is 1.56. The van der Waals surface area contributed by atoms with Crippen molar-refractivity contribution in [3.05, 3.63) is 64.0 Å². The molecule has 7 heteroatoms. The van der Waals surface area contributed by atoms with Crippen LogP contribution in [0.3, 0.4) is 0 Å². The molecule has 4 aromatic rings. The fourth-order valence-corrected chi connectivity index (χ4v) is 4.88. The number of nitrogens with zero attached hydrogens (tertiary/aromatic N) is 2. The van der Waals surface area contributed by atoms with Crippen molar-refractivity contribution in [2.75, 3.05) is 11.1 Å². The van der Waals surface area contributed by atoms with Gasteiger partial charge in [-0.25, -0.2) is 9.97 Å². The van der Waals surface area contributed by atoms with E-state index in [2.05, 4.69) is 48.4 Å². The zero-order chi connectivity index (χ0) is 20.5. The molecule has 3 N–H and O–H groups in total. The number of hydrogen-bond acceptors (Lipinski definition) is 6. The van der Waals surface area contributed by atoms with E-state index in [9.17, 15) is 0 Å². The number of halogens is 1. The minimum atomic E-state index is 0.490. The molecule has 2 aromatic heterocycles. The van der Waals surface area contributed by atoms with E-state index in [1.807, 2.05) is 30.5 Å². The highest BCUT2D eigenvalue weighted by atomic mass is 35.5. The first-order valence-electron chi connectivity index (χ1n) is 9.26. The monoisotopic (exact) mass is 440 g/mol. The maximum absolute atomic E-state index is 6.19. The zero-order valence-electron chi connectivity index (χ0n) is 16.4. The highest BCUT2D eigenvalue weighted by Crippen LogP contribution is 2.39. The second-order valence-electron chi connectivity index (χ2n) is 7.14. The Labute approximate surface area is 183 Å². The topological polar surface area (TPSA) is 63.8 Å². The van der Waals surface area contributed by atoms with Crippen LogP contribution >= 0.6 is 34.3 Å². The van der Waals surface area contributed by atoms with Crippen molar-refractivity contribution < 1.29 is 0 Å². The number of anilines is 3. The molecule has 0 atom stereocenters. The molecule has 4 rings (SSSR count). The lowest BCUT2D eigenvalue weighted by atomic mass is 10.0. The van der Waals surface area contributed by atoms with Crippen LogP contribution in [0.2, 0.25) is 5.02 Å². The van der Waals surface area contributed by atoms with Gasteiger partial charge in [-0.2, -0.15) is 0 Å². The zero-order valence-corrected chi connectivity index (χ0v) is 18.8. The van der Waals surface area contributed by atoms with Crippen molar-refractivity contribution in [2.24, 2.45) is 0 Å². The lowest BCUT2D eigenvalue weighted by Gasteiger charge is -2.07. The van der Waals surface area contributed by atoms with Crippen LogP contribution in [0, 0.1) is 6.92 Å². The van der Waals surface area contributed by atoms with Gasteiger partial charge in [0.1, 0.15) is 15.7 Å². The van der Waals surface area contributed by atoms with Crippen LogP contribution in [0.15, 0.2) is 47.8 Å². The lowest BCUT2D eigenvalue weighted by molar-refractivity contribution is 0.867. The Morgan fingerprint density at radius 3 is 2.52 bits per heavy atom. The first-order valence-corrected chi connectivity index (χ1v) is 11.3. The Morgan fingerprint density at radius 1 is 1.07 bits per heavy atom. The van der Waals surface area contributed by atoms with Crippen LogP contribution in [0.4, 0.5) is 16.6 Å². The molecule has 0 aliphatic rings. The van der Waals surface area contributed by atoms with Crippen molar-refractivity contribution in [3.63, 3.8) is 0 Å². The number of nitrogens with one attached hydrogen (secondary N) is 1. The smallest absolute Gasteiger partial charge is 0.189 e. The molecule has 0 bridgehead atoms. The normalized spacial score (nSPS) is 11.2. The largest absolute Gasteiger partial charge is 0.382 e. The highest BCUT2D eigenvalue weighted by Gasteiger charge is 2.15. The lowest BCUT2D eigenvalue weighted by Crippen LogP contribution is -1.92. The maximum atomic E-state index is 6.19. The van der Waals surface area contributed by atoms with Gasteiger partial charge < -0.3 is 11.1 Å². The Bertz CT molecular complexity index is 1150. The van der Waals surface area contributed by atoms with E-state index in [4.69, 9.17) is 22.3 Å². The van der Waals surface area contributed by atoms with Gasteiger partial charge in [-0.1, -0.05) is 55.0 Å². The van der Waals surface area contributed by atoms with Crippen LogP contribution in [0.25, 0.3) is 21.1 Å². The van der Waals surface area contributed by atoms with E-state index < -0.39 is 0 Å². The first kappa shape index (κ1) is 19.9. The summed E-state index contributed by atoms with van der Waals surface area (Å²) in [7, 11) is 0. The molecule has 2 aromatic carbocycles. The standard InChI is InChI=1S/C22H21ClN4S2/c1-12(2)14-4-7-16(8-5-14)25-22-27-20(24)19(29-22)21-26-18(11-28-21)15-6-9-17(23)13(3)10-15/h4-12H,24H2,1-3H3,(H,25,27). The third-order valence-corrected chi connectivity index (χ3v) is 7.04. The van der Waals surface area contributed by atoms with Gasteiger partial charge in [0, 0.05) is 21.7 Å². The van der Waals surface area contributed by atoms with Gasteiger partial charge in [0.15, 0.2) is 5.13 Å². The third-order valence-electron chi connectivity index (χ3n) is 4.63. The molecule has 0 saturated carbocycles. The molecule has 29 heavy (non-hydrogen) atoms. The summed E-state index contributed by atoms with van der Waals surface area (Å²) in [4.78, 5) is 10.1. The number of thiazole rings is 2. The van der Waals surface area contributed by atoms with Crippen LogP contribution in [-0.4, -0.2) is 9.97 Å². The van der Waals surface area contributed by atoms with Gasteiger partial charge in [0.2, 0.25) is 0 Å². The molecule has 0 saturated heterocycles. The Morgan fingerprint density at radius 2 is 1.83 bits per heavy atom. The second kappa shape index (κ2) is 8.14. The first-order chi connectivity index (χ1) is 13.9.